The SMILES string of the molecule is Cc1cc(C(C)(C)C)cc(S(=O)(=O)Nc2ccc(C(=O)N3CCN(c4cnn(-c5ccccc5)c(=O)c4Cl)CC3)cc2)c1C. The second-order valence-corrected chi connectivity index (χ2v) is 14.1. The van der Waals surface area contributed by atoms with Crippen LogP contribution in [0.2, 0.25) is 5.02 Å². The standard InChI is InChI=1S/C33H36ClN5O4S/c1-22-19-25(33(3,4)5)20-29(23(22)2)44(42,43)36-26-13-11-24(12-14-26)31(40)38-17-15-37(16-18-38)28-21-35-39(32(41)30(28)34)27-9-7-6-8-10-27/h6-14,19-21,36H,15-18H2,1-5H3. The molecule has 230 valence electrons. The largest absolute Gasteiger partial charge is 0.365 e. The molecule has 1 aliphatic heterocycles. The molecule has 11 heteroatoms. The van der Waals surface area contributed by atoms with Gasteiger partial charge in [-0.2, -0.15) is 9.78 Å². The fourth-order valence-corrected chi connectivity index (χ4v) is 6.81. The van der Waals surface area contributed by atoms with E-state index in [1.807, 2.05) is 56.9 Å². The molecule has 4 aromatic rings. The van der Waals surface area contributed by atoms with Crippen molar-refractivity contribution in [1.29, 1.82) is 0 Å². The number of piperazine rings is 1. The number of benzene rings is 3. The van der Waals surface area contributed by atoms with Crippen LogP contribution in [0, 0.1) is 13.8 Å². The zero-order chi connectivity index (χ0) is 31.8. The highest BCUT2D eigenvalue weighted by atomic mass is 35.5. The van der Waals surface area contributed by atoms with Crippen molar-refractivity contribution in [3.8, 4) is 5.69 Å². The Balaban J connectivity index is 1.25. The molecule has 0 atom stereocenters. The van der Waals surface area contributed by atoms with Gasteiger partial charge in [-0.05, 0) is 78.4 Å². The molecule has 1 aliphatic rings. The number of anilines is 2. The van der Waals surface area contributed by atoms with Gasteiger partial charge in [-0.25, -0.2) is 8.42 Å². The minimum Gasteiger partial charge on any atom is -0.365 e. The fourth-order valence-electron chi connectivity index (χ4n) is 5.16. The molecule has 2 heterocycles. The van der Waals surface area contributed by atoms with Crippen molar-refractivity contribution >= 4 is 38.9 Å². The topological polar surface area (TPSA) is 105 Å². The van der Waals surface area contributed by atoms with E-state index in [-0.39, 0.29) is 21.2 Å². The Hall–Kier alpha value is -4.15. The lowest BCUT2D eigenvalue weighted by atomic mass is 9.85. The number of nitrogens with zero attached hydrogens (tertiary/aromatic N) is 4. The van der Waals surface area contributed by atoms with Crippen LogP contribution in [-0.4, -0.2) is 55.2 Å². The minimum absolute atomic E-state index is 0.0807. The molecule has 5 rings (SSSR count). The number of rotatable bonds is 6. The lowest BCUT2D eigenvalue weighted by Gasteiger charge is -2.36. The Morgan fingerprint density at radius 3 is 2.18 bits per heavy atom. The predicted octanol–water partition coefficient (Wildman–Crippen LogP) is 5.56. The van der Waals surface area contributed by atoms with Crippen LogP contribution in [0.15, 0.2) is 82.6 Å². The molecular weight excluding hydrogens is 598 g/mol. The van der Waals surface area contributed by atoms with E-state index in [2.05, 4.69) is 9.82 Å². The highest BCUT2D eigenvalue weighted by Gasteiger charge is 2.26. The van der Waals surface area contributed by atoms with Crippen molar-refractivity contribution in [3.05, 3.63) is 111 Å². The van der Waals surface area contributed by atoms with Crippen LogP contribution in [0.4, 0.5) is 11.4 Å². The number of hydrogen-bond donors (Lipinski definition) is 1. The Kier molecular flexibility index (Phi) is 8.59. The molecule has 1 aromatic heterocycles. The van der Waals surface area contributed by atoms with Crippen LogP contribution < -0.4 is 15.2 Å². The molecule has 0 aliphatic carbocycles. The van der Waals surface area contributed by atoms with Crippen LogP contribution in [0.5, 0.6) is 0 Å². The molecule has 1 saturated heterocycles. The molecule has 0 unspecified atom stereocenters. The van der Waals surface area contributed by atoms with Gasteiger partial charge in [0.25, 0.3) is 21.5 Å². The summed E-state index contributed by atoms with van der Waals surface area (Å²) < 4.78 is 30.7. The lowest BCUT2D eigenvalue weighted by molar-refractivity contribution is 0.0747. The highest BCUT2D eigenvalue weighted by Crippen LogP contribution is 2.30. The second-order valence-electron chi connectivity index (χ2n) is 12.0. The number of hydrogen-bond acceptors (Lipinski definition) is 6. The molecule has 0 bridgehead atoms. The third kappa shape index (κ3) is 6.37. The van der Waals surface area contributed by atoms with Crippen molar-refractivity contribution in [2.24, 2.45) is 0 Å². The summed E-state index contributed by atoms with van der Waals surface area (Å²) in [7, 11) is -3.85. The first-order chi connectivity index (χ1) is 20.8. The van der Waals surface area contributed by atoms with Crippen molar-refractivity contribution in [2.45, 2.75) is 44.9 Å². The number of carbonyl (C=O) groups is 1. The molecule has 0 spiro atoms. The lowest BCUT2D eigenvalue weighted by Crippen LogP contribution is -2.49. The van der Waals surface area contributed by atoms with Crippen LogP contribution in [0.25, 0.3) is 5.69 Å². The predicted molar refractivity (Wildman–Crippen MR) is 175 cm³/mol. The second kappa shape index (κ2) is 12.1. The van der Waals surface area contributed by atoms with Crippen molar-refractivity contribution in [3.63, 3.8) is 0 Å². The number of halogens is 1. The minimum atomic E-state index is -3.85. The van der Waals surface area contributed by atoms with E-state index in [9.17, 15) is 18.0 Å². The van der Waals surface area contributed by atoms with Gasteiger partial charge in [0.1, 0.15) is 5.02 Å². The molecule has 44 heavy (non-hydrogen) atoms. The summed E-state index contributed by atoms with van der Waals surface area (Å²) >= 11 is 6.48. The average Bonchev–Trinajstić information content (AvgIpc) is 2.99. The van der Waals surface area contributed by atoms with Crippen LogP contribution in [-0.2, 0) is 15.4 Å². The summed E-state index contributed by atoms with van der Waals surface area (Å²) in [5, 5.41) is 4.39. The Labute approximate surface area is 263 Å². The van der Waals surface area contributed by atoms with Crippen molar-refractivity contribution in [1.82, 2.24) is 14.7 Å². The number of aromatic nitrogens is 2. The molecule has 1 fully saturated rings. The molecule has 0 saturated carbocycles. The number of nitrogens with one attached hydrogen (secondary N) is 1. The van der Waals surface area contributed by atoms with E-state index < -0.39 is 15.6 Å². The molecule has 9 nitrogen and oxygen atoms in total. The van der Waals surface area contributed by atoms with E-state index in [0.717, 1.165) is 11.1 Å². The summed E-state index contributed by atoms with van der Waals surface area (Å²) in [5.41, 5.74) is 3.93. The number of aryl methyl sites for hydroxylation is 1. The third-order valence-corrected chi connectivity index (χ3v) is 9.83. The van der Waals surface area contributed by atoms with Gasteiger partial charge in [-0.3, -0.25) is 14.3 Å². The first-order valence-corrected chi connectivity index (χ1v) is 16.2. The van der Waals surface area contributed by atoms with Gasteiger partial charge in [0, 0.05) is 37.4 Å². The number of para-hydroxylation sites is 1. The zero-order valence-corrected chi connectivity index (χ0v) is 27.0. The number of amides is 1. The van der Waals surface area contributed by atoms with Gasteiger partial charge in [0.15, 0.2) is 0 Å². The van der Waals surface area contributed by atoms with E-state index in [1.54, 1.807) is 60.5 Å². The number of carbonyl (C=O) groups excluding carboxylic acids is 1. The van der Waals surface area contributed by atoms with Crippen LogP contribution >= 0.6 is 11.6 Å². The monoisotopic (exact) mass is 633 g/mol. The Morgan fingerprint density at radius 2 is 1.57 bits per heavy atom. The van der Waals surface area contributed by atoms with Gasteiger partial charge in [-0.1, -0.05) is 56.6 Å². The van der Waals surface area contributed by atoms with Crippen molar-refractivity contribution in [2.75, 3.05) is 35.8 Å². The summed E-state index contributed by atoms with van der Waals surface area (Å²) in [4.78, 5) is 30.1. The zero-order valence-electron chi connectivity index (χ0n) is 25.5. The van der Waals surface area contributed by atoms with Gasteiger partial charge in [0.2, 0.25) is 0 Å². The maximum atomic E-state index is 13.4. The molecule has 3 aromatic carbocycles. The maximum Gasteiger partial charge on any atom is 0.292 e. The molecule has 1 amide bonds. The van der Waals surface area contributed by atoms with E-state index in [1.165, 1.54) is 4.68 Å². The highest BCUT2D eigenvalue weighted by molar-refractivity contribution is 7.92. The smallest absolute Gasteiger partial charge is 0.292 e. The van der Waals surface area contributed by atoms with E-state index in [0.29, 0.717) is 54.4 Å². The van der Waals surface area contributed by atoms with Gasteiger partial charge in [0.05, 0.1) is 22.5 Å². The van der Waals surface area contributed by atoms with Crippen LogP contribution in [0.3, 0.4) is 0 Å². The first-order valence-electron chi connectivity index (χ1n) is 14.4. The quantitative estimate of drug-likeness (QED) is 0.298. The Bertz CT molecular complexity index is 1860. The first kappa shape index (κ1) is 31.3. The summed E-state index contributed by atoms with van der Waals surface area (Å²) in [6.45, 7) is 11.7. The number of sulfonamides is 1. The molecular formula is C33H36ClN5O4S. The Morgan fingerprint density at radius 1 is 0.932 bits per heavy atom. The van der Waals surface area contributed by atoms with E-state index >= 15 is 0 Å². The average molecular weight is 634 g/mol. The van der Waals surface area contributed by atoms with Gasteiger partial charge >= 0.3 is 0 Å². The fraction of sp³-hybridized carbons (Fsp3) is 0.303. The van der Waals surface area contributed by atoms with E-state index in [4.69, 9.17) is 11.6 Å². The van der Waals surface area contributed by atoms with Crippen molar-refractivity contribution < 1.29 is 13.2 Å². The maximum absolute atomic E-state index is 13.4. The molecule has 1 N–H and O–H groups in total. The molecule has 0 radical (unpaired) electrons. The van der Waals surface area contributed by atoms with Gasteiger partial charge in [-0.15, -0.1) is 0 Å². The third-order valence-electron chi connectivity index (χ3n) is 7.97. The summed E-state index contributed by atoms with van der Waals surface area (Å²) in [5.74, 6) is -0.160. The normalized spacial score (nSPS) is 14.0. The summed E-state index contributed by atoms with van der Waals surface area (Å²) in [6, 6.07) is 19.3. The van der Waals surface area contributed by atoms with Crippen LogP contribution in [0.1, 0.15) is 47.8 Å². The van der Waals surface area contributed by atoms with Gasteiger partial charge < -0.3 is 9.80 Å². The summed E-state index contributed by atoms with van der Waals surface area (Å²) in [6.07, 6.45) is 1.58.